The van der Waals surface area contributed by atoms with Gasteiger partial charge in [0.15, 0.2) is 8.32 Å². The molecule has 0 spiro atoms. The number of ether oxygens (including phenoxy) is 1. The summed E-state index contributed by atoms with van der Waals surface area (Å²) >= 11 is 0. The average molecular weight is 344 g/mol. The van der Waals surface area contributed by atoms with E-state index < -0.39 is 26.1 Å². The number of amides is 1. The van der Waals surface area contributed by atoms with E-state index >= 15 is 0 Å². The van der Waals surface area contributed by atoms with E-state index in [1.54, 1.807) is 0 Å². The summed E-state index contributed by atoms with van der Waals surface area (Å²) in [7, 11) is -1.82. The largest absolute Gasteiger partial charge is 0.444 e. The minimum atomic E-state index is -1.82. The van der Waals surface area contributed by atoms with Crippen LogP contribution < -0.4 is 0 Å². The van der Waals surface area contributed by atoms with Crippen LogP contribution >= 0.6 is 0 Å². The fourth-order valence-corrected chi connectivity index (χ4v) is 3.37. The quantitative estimate of drug-likeness (QED) is 0.575. The van der Waals surface area contributed by atoms with Crippen LogP contribution in [0.2, 0.25) is 18.1 Å². The van der Waals surface area contributed by atoms with Gasteiger partial charge in [0.2, 0.25) is 0 Å². The Morgan fingerprint density at radius 3 is 2.22 bits per heavy atom. The first-order chi connectivity index (χ1) is 10.3. The van der Waals surface area contributed by atoms with E-state index in [1.807, 2.05) is 20.8 Å². The highest BCUT2D eigenvalue weighted by atomic mass is 28.4. The van der Waals surface area contributed by atoms with Gasteiger partial charge in [0.05, 0.1) is 6.04 Å². The summed E-state index contributed by atoms with van der Waals surface area (Å²) in [6.07, 6.45) is 1.08. The van der Waals surface area contributed by atoms with Gasteiger partial charge in [-0.2, -0.15) is 0 Å². The molecule has 1 saturated heterocycles. The fourth-order valence-electron chi connectivity index (χ4n) is 2.28. The van der Waals surface area contributed by atoms with E-state index in [9.17, 15) is 9.59 Å². The van der Waals surface area contributed by atoms with Gasteiger partial charge in [-0.3, -0.25) is 4.90 Å². The van der Waals surface area contributed by atoms with Crippen molar-refractivity contribution in [3.63, 3.8) is 0 Å². The third kappa shape index (κ3) is 5.60. The Labute approximate surface area is 141 Å². The summed E-state index contributed by atoms with van der Waals surface area (Å²) in [5, 5.41) is 0.153. The molecule has 0 aromatic heterocycles. The minimum absolute atomic E-state index is 0.153. The van der Waals surface area contributed by atoms with Crippen molar-refractivity contribution in [1.29, 1.82) is 0 Å². The SMILES string of the molecule is CC(C)(C)OC(=O)N1CC(CO[Si](C)(C)C(C)(C)C)CC1C=O. The molecule has 0 aliphatic carbocycles. The second-order valence-electron chi connectivity index (χ2n) is 9.01. The molecule has 1 rings (SSSR count). The molecule has 1 heterocycles. The zero-order valence-corrected chi connectivity index (χ0v) is 16.9. The Balaban J connectivity index is 2.66. The zero-order valence-electron chi connectivity index (χ0n) is 15.9. The van der Waals surface area contributed by atoms with Crippen molar-refractivity contribution >= 4 is 20.7 Å². The molecular weight excluding hydrogens is 310 g/mol. The van der Waals surface area contributed by atoms with Crippen LogP contribution in [0.1, 0.15) is 48.0 Å². The molecule has 5 nitrogen and oxygen atoms in total. The van der Waals surface area contributed by atoms with E-state index in [1.165, 1.54) is 4.90 Å². The van der Waals surface area contributed by atoms with Crippen molar-refractivity contribution in [3.05, 3.63) is 0 Å². The van der Waals surface area contributed by atoms with Crippen LogP contribution in [-0.4, -0.2) is 50.4 Å². The number of aldehydes is 1. The second kappa shape index (κ2) is 6.93. The molecule has 0 aromatic carbocycles. The van der Waals surface area contributed by atoms with Crippen molar-refractivity contribution in [2.75, 3.05) is 13.2 Å². The van der Waals surface area contributed by atoms with E-state index in [2.05, 4.69) is 33.9 Å². The normalized spacial score (nSPS) is 23.0. The number of hydrogen-bond donors (Lipinski definition) is 0. The molecule has 134 valence electrons. The van der Waals surface area contributed by atoms with Crippen LogP contribution in [0.5, 0.6) is 0 Å². The van der Waals surface area contributed by atoms with Gasteiger partial charge >= 0.3 is 6.09 Å². The monoisotopic (exact) mass is 343 g/mol. The van der Waals surface area contributed by atoms with Crippen LogP contribution in [0.3, 0.4) is 0 Å². The Morgan fingerprint density at radius 2 is 1.78 bits per heavy atom. The number of carbonyl (C=O) groups is 2. The van der Waals surface area contributed by atoms with Gasteiger partial charge in [0.1, 0.15) is 11.9 Å². The Morgan fingerprint density at radius 1 is 1.22 bits per heavy atom. The van der Waals surface area contributed by atoms with Crippen LogP contribution in [0.25, 0.3) is 0 Å². The second-order valence-corrected chi connectivity index (χ2v) is 13.8. The summed E-state index contributed by atoms with van der Waals surface area (Å²) in [5.74, 6) is 0.187. The first-order valence-electron chi connectivity index (χ1n) is 8.36. The molecule has 6 heteroatoms. The maximum absolute atomic E-state index is 12.2. The van der Waals surface area contributed by atoms with E-state index in [0.717, 1.165) is 6.29 Å². The predicted octanol–water partition coefficient (Wildman–Crippen LogP) is 3.83. The highest BCUT2D eigenvalue weighted by molar-refractivity contribution is 6.74. The van der Waals surface area contributed by atoms with Crippen molar-refractivity contribution in [3.8, 4) is 0 Å². The maximum atomic E-state index is 12.2. The number of carbonyl (C=O) groups excluding carboxylic acids is 2. The van der Waals surface area contributed by atoms with Gasteiger partial charge in [0.25, 0.3) is 0 Å². The van der Waals surface area contributed by atoms with Crippen molar-refractivity contribution in [1.82, 2.24) is 4.90 Å². The van der Waals surface area contributed by atoms with Gasteiger partial charge < -0.3 is 14.0 Å². The molecular formula is C17H33NO4Si. The first-order valence-corrected chi connectivity index (χ1v) is 11.3. The Bertz CT molecular complexity index is 437. The summed E-state index contributed by atoms with van der Waals surface area (Å²) in [6.45, 7) is 17.6. The molecule has 1 aliphatic rings. The van der Waals surface area contributed by atoms with Crippen LogP contribution in [0.15, 0.2) is 0 Å². The van der Waals surface area contributed by atoms with Gasteiger partial charge in [0, 0.05) is 19.1 Å². The first kappa shape index (κ1) is 20.2. The molecule has 1 aliphatic heterocycles. The summed E-state index contributed by atoms with van der Waals surface area (Å²) in [4.78, 5) is 25.1. The third-order valence-electron chi connectivity index (χ3n) is 4.70. The van der Waals surface area contributed by atoms with Crippen molar-refractivity contribution in [2.45, 2.75) is 77.7 Å². The van der Waals surface area contributed by atoms with Crippen molar-refractivity contribution < 1.29 is 18.8 Å². The molecule has 0 aromatic rings. The van der Waals surface area contributed by atoms with Gasteiger partial charge in [-0.05, 0) is 45.3 Å². The standard InChI is InChI=1S/C17H33NO4Si/c1-16(2,3)22-15(20)18-10-13(9-14(18)11-19)12-21-23(7,8)17(4,5)6/h11,13-14H,9-10,12H2,1-8H3. The number of likely N-dealkylation sites (tertiary alicyclic amines) is 1. The lowest BCUT2D eigenvalue weighted by Gasteiger charge is -2.37. The molecule has 2 atom stereocenters. The topological polar surface area (TPSA) is 55.8 Å². The Kier molecular flexibility index (Phi) is 6.07. The molecule has 1 amide bonds. The van der Waals surface area contributed by atoms with Gasteiger partial charge in [-0.1, -0.05) is 20.8 Å². The van der Waals surface area contributed by atoms with Crippen LogP contribution in [0, 0.1) is 5.92 Å². The highest BCUT2D eigenvalue weighted by Gasteiger charge is 2.41. The number of rotatable bonds is 4. The summed E-state index contributed by atoms with van der Waals surface area (Å²) in [6, 6.07) is -0.405. The van der Waals surface area contributed by atoms with Gasteiger partial charge in [-0.15, -0.1) is 0 Å². The smallest absolute Gasteiger partial charge is 0.410 e. The molecule has 0 N–H and O–H groups in total. The average Bonchev–Trinajstić information content (AvgIpc) is 2.76. The summed E-state index contributed by atoms with van der Waals surface area (Å²) in [5.41, 5.74) is -0.555. The fraction of sp³-hybridized carbons (Fsp3) is 0.882. The molecule has 0 saturated carbocycles. The number of nitrogens with zero attached hydrogens (tertiary/aromatic N) is 1. The van der Waals surface area contributed by atoms with Crippen molar-refractivity contribution in [2.24, 2.45) is 5.92 Å². The summed E-state index contributed by atoms with van der Waals surface area (Å²) < 4.78 is 11.6. The van der Waals surface area contributed by atoms with Crippen LogP contribution in [-0.2, 0) is 14.0 Å². The van der Waals surface area contributed by atoms with E-state index in [-0.39, 0.29) is 11.0 Å². The lowest BCUT2D eigenvalue weighted by atomic mass is 10.1. The van der Waals surface area contributed by atoms with Gasteiger partial charge in [-0.25, -0.2) is 4.79 Å². The lowest BCUT2D eigenvalue weighted by Crippen LogP contribution is -2.42. The molecule has 2 unspecified atom stereocenters. The minimum Gasteiger partial charge on any atom is -0.444 e. The molecule has 0 bridgehead atoms. The molecule has 23 heavy (non-hydrogen) atoms. The highest BCUT2D eigenvalue weighted by Crippen LogP contribution is 2.37. The molecule has 1 fully saturated rings. The lowest BCUT2D eigenvalue weighted by molar-refractivity contribution is -0.111. The maximum Gasteiger partial charge on any atom is 0.410 e. The third-order valence-corrected chi connectivity index (χ3v) is 9.20. The predicted molar refractivity (Wildman–Crippen MR) is 94.0 cm³/mol. The van der Waals surface area contributed by atoms with E-state index in [4.69, 9.17) is 9.16 Å². The zero-order chi connectivity index (χ0) is 18.1. The van der Waals surface area contributed by atoms with E-state index in [0.29, 0.717) is 19.6 Å². The van der Waals surface area contributed by atoms with Crippen LogP contribution in [0.4, 0.5) is 4.79 Å². The number of hydrogen-bond acceptors (Lipinski definition) is 4. The Hall–Kier alpha value is -0.883. The molecule has 0 radical (unpaired) electrons.